The molecule has 0 aliphatic carbocycles. The summed E-state index contributed by atoms with van der Waals surface area (Å²) in [6.45, 7) is 2.99. The monoisotopic (exact) mass is 387 g/mol. The molecule has 1 unspecified atom stereocenters. The lowest BCUT2D eigenvalue weighted by molar-refractivity contribution is -0.140. The Morgan fingerprint density at radius 2 is 2.27 bits per heavy atom. The molecule has 0 aromatic carbocycles. The van der Waals surface area contributed by atoms with Crippen molar-refractivity contribution in [2.75, 3.05) is 13.1 Å². The van der Waals surface area contributed by atoms with Crippen molar-refractivity contribution >= 4 is 17.2 Å². The number of alkyl halides is 3. The highest BCUT2D eigenvalue weighted by molar-refractivity contribution is 7.09. The molecular weight excluding hydrogens is 367 g/mol. The minimum absolute atomic E-state index is 0.0109. The Bertz CT molecular complexity index is 772. The Hall–Kier alpha value is -1.94. The van der Waals surface area contributed by atoms with Crippen LogP contribution >= 0.6 is 11.3 Å². The number of carbonyl (C=O) groups excluding carboxylic acids is 1. The van der Waals surface area contributed by atoms with E-state index in [2.05, 4.69) is 20.7 Å². The SMILES string of the molecule is CCC(NC(=O)[C@H]1CNC[C@@H]1c1cnn(C)c1)c1nc(C(F)(F)F)cs1. The van der Waals surface area contributed by atoms with Gasteiger partial charge < -0.3 is 10.6 Å². The number of nitrogens with zero attached hydrogens (tertiary/aromatic N) is 3. The molecule has 142 valence electrons. The fourth-order valence-corrected chi connectivity index (χ4v) is 4.09. The molecule has 0 spiro atoms. The molecule has 0 saturated carbocycles. The molecule has 3 atom stereocenters. The van der Waals surface area contributed by atoms with Crippen LogP contribution in [0.1, 0.15) is 41.6 Å². The summed E-state index contributed by atoms with van der Waals surface area (Å²) in [5.41, 5.74) is 0.0558. The zero-order valence-electron chi connectivity index (χ0n) is 14.4. The molecule has 2 N–H and O–H groups in total. The zero-order valence-corrected chi connectivity index (χ0v) is 15.2. The van der Waals surface area contributed by atoms with E-state index in [1.165, 1.54) is 0 Å². The first-order valence-electron chi connectivity index (χ1n) is 8.31. The predicted molar refractivity (Wildman–Crippen MR) is 90.6 cm³/mol. The highest BCUT2D eigenvalue weighted by Crippen LogP contribution is 2.33. The molecule has 1 amide bonds. The number of thiazole rings is 1. The van der Waals surface area contributed by atoms with Crippen LogP contribution in [0.5, 0.6) is 0 Å². The maximum atomic E-state index is 12.8. The third-order valence-corrected chi connectivity index (χ3v) is 5.50. The van der Waals surface area contributed by atoms with E-state index in [0.29, 0.717) is 19.5 Å². The summed E-state index contributed by atoms with van der Waals surface area (Å²) in [5, 5.41) is 11.5. The summed E-state index contributed by atoms with van der Waals surface area (Å²) in [7, 11) is 1.81. The van der Waals surface area contributed by atoms with E-state index >= 15 is 0 Å². The maximum Gasteiger partial charge on any atom is 0.434 e. The Kier molecular flexibility index (Phi) is 5.33. The number of rotatable bonds is 5. The molecule has 1 aliphatic rings. The number of hydrogen-bond donors (Lipinski definition) is 2. The van der Waals surface area contributed by atoms with Crippen LogP contribution in [0.25, 0.3) is 0 Å². The van der Waals surface area contributed by atoms with Crippen molar-refractivity contribution in [1.29, 1.82) is 0 Å². The quantitative estimate of drug-likeness (QED) is 0.827. The van der Waals surface area contributed by atoms with Crippen LogP contribution in [-0.2, 0) is 18.0 Å². The van der Waals surface area contributed by atoms with Crippen molar-refractivity contribution in [2.24, 2.45) is 13.0 Å². The van der Waals surface area contributed by atoms with Gasteiger partial charge in [0.05, 0.1) is 18.2 Å². The molecule has 2 aromatic rings. The number of aromatic nitrogens is 3. The van der Waals surface area contributed by atoms with Crippen molar-refractivity contribution in [1.82, 2.24) is 25.4 Å². The normalized spacial score (nSPS) is 21.7. The van der Waals surface area contributed by atoms with Gasteiger partial charge in [-0.25, -0.2) is 4.98 Å². The lowest BCUT2D eigenvalue weighted by Crippen LogP contribution is -2.36. The number of carbonyl (C=O) groups is 1. The summed E-state index contributed by atoms with van der Waals surface area (Å²) in [5.74, 6) is -0.488. The minimum Gasteiger partial charge on any atom is -0.347 e. The van der Waals surface area contributed by atoms with E-state index in [9.17, 15) is 18.0 Å². The number of amides is 1. The van der Waals surface area contributed by atoms with Crippen molar-refractivity contribution in [3.63, 3.8) is 0 Å². The molecular formula is C16H20F3N5OS. The Balaban J connectivity index is 1.71. The molecule has 10 heteroatoms. The van der Waals surface area contributed by atoms with Crippen LogP contribution in [-0.4, -0.2) is 33.8 Å². The molecule has 26 heavy (non-hydrogen) atoms. The summed E-state index contributed by atoms with van der Waals surface area (Å²) in [4.78, 5) is 16.4. The van der Waals surface area contributed by atoms with Gasteiger partial charge in [-0.15, -0.1) is 11.3 Å². The summed E-state index contributed by atoms with van der Waals surface area (Å²) >= 11 is 0.919. The van der Waals surface area contributed by atoms with E-state index in [4.69, 9.17) is 0 Å². The number of aryl methyl sites for hydroxylation is 1. The predicted octanol–water partition coefficient (Wildman–Crippen LogP) is 2.47. The second kappa shape index (κ2) is 7.36. The first-order valence-corrected chi connectivity index (χ1v) is 9.19. The maximum absolute atomic E-state index is 12.8. The highest BCUT2D eigenvalue weighted by Gasteiger charge is 2.37. The van der Waals surface area contributed by atoms with Crippen LogP contribution in [0.3, 0.4) is 0 Å². The molecule has 3 heterocycles. The third-order valence-electron chi connectivity index (χ3n) is 4.54. The van der Waals surface area contributed by atoms with E-state index in [1.807, 2.05) is 20.2 Å². The van der Waals surface area contributed by atoms with E-state index in [1.54, 1.807) is 10.9 Å². The number of nitrogens with one attached hydrogen (secondary N) is 2. The number of halogens is 3. The first-order chi connectivity index (χ1) is 12.3. The van der Waals surface area contributed by atoms with Crippen LogP contribution in [0.4, 0.5) is 13.2 Å². The van der Waals surface area contributed by atoms with Crippen LogP contribution in [0.2, 0.25) is 0 Å². The molecule has 3 rings (SSSR count). The van der Waals surface area contributed by atoms with Gasteiger partial charge in [0.2, 0.25) is 5.91 Å². The van der Waals surface area contributed by atoms with Crippen molar-refractivity contribution in [2.45, 2.75) is 31.5 Å². The fourth-order valence-electron chi connectivity index (χ4n) is 3.13. The Morgan fingerprint density at radius 1 is 1.50 bits per heavy atom. The summed E-state index contributed by atoms with van der Waals surface area (Å²) in [6.07, 6.45) is -0.385. The van der Waals surface area contributed by atoms with Gasteiger partial charge in [-0.2, -0.15) is 18.3 Å². The molecule has 1 aliphatic heterocycles. The first kappa shape index (κ1) is 18.8. The van der Waals surface area contributed by atoms with Gasteiger partial charge in [0.15, 0.2) is 5.69 Å². The summed E-state index contributed by atoms with van der Waals surface area (Å²) < 4.78 is 40.0. The van der Waals surface area contributed by atoms with Gasteiger partial charge in [0.25, 0.3) is 0 Å². The van der Waals surface area contributed by atoms with Crippen LogP contribution in [0, 0.1) is 5.92 Å². The molecule has 1 fully saturated rings. The lowest BCUT2D eigenvalue weighted by atomic mass is 9.90. The molecule has 6 nitrogen and oxygen atoms in total. The fraction of sp³-hybridized carbons (Fsp3) is 0.562. The molecule has 2 aromatic heterocycles. The molecule has 0 radical (unpaired) electrons. The second-order valence-corrected chi connectivity index (χ2v) is 7.25. The third kappa shape index (κ3) is 3.90. The topological polar surface area (TPSA) is 71.8 Å². The minimum atomic E-state index is -4.47. The average molecular weight is 387 g/mol. The second-order valence-electron chi connectivity index (χ2n) is 6.36. The zero-order chi connectivity index (χ0) is 18.9. The van der Waals surface area contributed by atoms with Crippen molar-refractivity contribution in [3.05, 3.63) is 34.0 Å². The van der Waals surface area contributed by atoms with Gasteiger partial charge in [0, 0.05) is 37.6 Å². The van der Waals surface area contributed by atoms with Gasteiger partial charge in [0.1, 0.15) is 5.01 Å². The lowest BCUT2D eigenvalue weighted by Gasteiger charge is -2.21. The summed E-state index contributed by atoms with van der Waals surface area (Å²) in [6, 6.07) is -0.529. The van der Waals surface area contributed by atoms with Gasteiger partial charge in [-0.1, -0.05) is 6.92 Å². The smallest absolute Gasteiger partial charge is 0.347 e. The Labute approximate surface area is 152 Å². The average Bonchev–Trinajstić information content (AvgIpc) is 3.30. The standard InChI is InChI=1S/C16H20F3N5OS/c1-3-12(15-23-13(8-26-15)16(17,18)19)22-14(25)11-6-20-5-10(11)9-4-21-24(2)7-9/h4,7-8,10-12,20H,3,5-6H2,1-2H3,(H,22,25)/t10-,11+,12?/m1/s1. The van der Waals surface area contributed by atoms with Gasteiger partial charge in [-0.3, -0.25) is 9.48 Å². The Morgan fingerprint density at radius 3 is 2.85 bits per heavy atom. The van der Waals surface area contributed by atoms with Crippen molar-refractivity contribution < 1.29 is 18.0 Å². The number of hydrogen-bond acceptors (Lipinski definition) is 5. The highest BCUT2D eigenvalue weighted by atomic mass is 32.1. The van der Waals surface area contributed by atoms with E-state index in [0.717, 1.165) is 22.3 Å². The molecule has 1 saturated heterocycles. The molecule has 0 bridgehead atoms. The van der Waals surface area contributed by atoms with Crippen LogP contribution < -0.4 is 10.6 Å². The largest absolute Gasteiger partial charge is 0.434 e. The van der Waals surface area contributed by atoms with Crippen LogP contribution in [0.15, 0.2) is 17.8 Å². The van der Waals surface area contributed by atoms with E-state index in [-0.39, 0.29) is 22.8 Å². The van der Waals surface area contributed by atoms with Crippen molar-refractivity contribution in [3.8, 4) is 0 Å². The van der Waals surface area contributed by atoms with Gasteiger partial charge >= 0.3 is 6.18 Å². The van der Waals surface area contributed by atoms with Gasteiger partial charge in [-0.05, 0) is 12.0 Å². The van der Waals surface area contributed by atoms with E-state index < -0.39 is 17.9 Å².